The van der Waals surface area contributed by atoms with E-state index in [0.29, 0.717) is 55.9 Å². The molecule has 1 aliphatic rings. The topological polar surface area (TPSA) is 79.9 Å². The van der Waals surface area contributed by atoms with Crippen LogP contribution >= 0.6 is 0 Å². The van der Waals surface area contributed by atoms with Gasteiger partial charge in [0, 0.05) is 45.0 Å². The Morgan fingerprint density at radius 1 is 0.846 bits per heavy atom. The number of aliphatic hydroxyl groups is 1. The smallest absolute Gasteiger partial charge is 0.377 e. The molecule has 1 saturated heterocycles. The third-order valence-electron chi connectivity index (χ3n) is 6.89. The van der Waals surface area contributed by atoms with Crippen LogP contribution in [0.3, 0.4) is 0 Å². The number of aliphatic hydroxyl groups excluding tert-OH is 1. The zero-order chi connectivity index (χ0) is 27.6. The van der Waals surface area contributed by atoms with Crippen molar-refractivity contribution >= 4 is 22.7 Å². The molecule has 1 aromatic heterocycles. The van der Waals surface area contributed by atoms with Crippen LogP contribution in [0.25, 0.3) is 11.0 Å². The van der Waals surface area contributed by atoms with Crippen LogP contribution in [0.1, 0.15) is 17.2 Å². The molecule has 204 valence electrons. The van der Waals surface area contributed by atoms with Gasteiger partial charge >= 0.3 is 17.8 Å². The Labute approximate surface area is 222 Å². The lowest BCUT2D eigenvalue weighted by Crippen LogP contribution is -2.47. The summed E-state index contributed by atoms with van der Waals surface area (Å²) < 4.78 is 41.0. The minimum absolute atomic E-state index is 0.339. The monoisotopic (exact) mass is 540 g/mol. The van der Waals surface area contributed by atoms with E-state index in [4.69, 9.17) is 4.84 Å². The van der Waals surface area contributed by atoms with Crippen molar-refractivity contribution in [1.29, 1.82) is 0 Å². The second-order valence-electron chi connectivity index (χ2n) is 9.31. The highest BCUT2D eigenvalue weighted by molar-refractivity contribution is 5.79. The van der Waals surface area contributed by atoms with Crippen molar-refractivity contribution in [2.24, 2.45) is 0 Å². The molecule has 1 fully saturated rings. The first-order valence-corrected chi connectivity index (χ1v) is 12.5. The lowest BCUT2D eigenvalue weighted by Gasteiger charge is -2.36. The van der Waals surface area contributed by atoms with Gasteiger partial charge in [-0.1, -0.05) is 42.5 Å². The number of halogens is 3. The number of benzene rings is 3. The standard InChI is InChI=1S/C28H27F3N4O4/c29-28(30,31)21-10-12-22(13-11-21)33-17-14-32(15-18-33)16-19-34-23-8-4-5-9-24(23)35(27(34)38)39-26(37)25(36)20-6-2-1-3-7-20/h1-13,25,36H,14-19H2. The molecule has 0 amide bonds. The van der Waals surface area contributed by atoms with E-state index in [0.717, 1.165) is 22.6 Å². The highest BCUT2D eigenvalue weighted by atomic mass is 19.4. The molecule has 2 heterocycles. The molecule has 0 spiro atoms. The average molecular weight is 541 g/mol. The molecule has 1 atom stereocenters. The second-order valence-corrected chi connectivity index (χ2v) is 9.31. The number of rotatable bonds is 7. The summed E-state index contributed by atoms with van der Waals surface area (Å²) in [5, 5.41) is 10.4. The van der Waals surface area contributed by atoms with Gasteiger partial charge in [0.05, 0.1) is 11.1 Å². The van der Waals surface area contributed by atoms with E-state index in [2.05, 4.69) is 4.90 Å². The molecule has 1 aliphatic heterocycles. The quantitative estimate of drug-likeness (QED) is 0.388. The summed E-state index contributed by atoms with van der Waals surface area (Å²) in [5.74, 6) is -0.967. The fourth-order valence-corrected chi connectivity index (χ4v) is 4.73. The minimum atomic E-state index is -4.36. The summed E-state index contributed by atoms with van der Waals surface area (Å²) in [4.78, 5) is 35.4. The van der Waals surface area contributed by atoms with E-state index in [1.165, 1.54) is 16.7 Å². The molecule has 0 aliphatic carbocycles. The number of carbonyl (C=O) groups excluding carboxylic acids is 1. The molecule has 8 nitrogen and oxygen atoms in total. The average Bonchev–Trinajstić information content (AvgIpc) is 3.22. The first kappa shape index (κ1) is 26.5. The Morgan fingerprint density at radius 3 is 2.10 bits per heavy atom. The number of hydrogen-bond acceptors (Lipinski definition) is 6. The maximum absolute atomic E-state index is 13.3. The Morgan fingerprint density at radius 2 is 1.46 bits per heavy atom. The van der Waals surface area contributed by atoms with Crippen LogP contribution in [-0.4, -0.2) is 58.0 Å². The van der Waals surface area contributed by atoms with Crippen molar-refractivity contribution in [3.05, 3.63) is 100 Å². The van der Waals surface area contributed by atoms with Crippen molar-refractivity contribution in [3.8, 4) is 0 Å². The lowest BCUT2D eigenvalue weighted by molar-refractivity contribution is -0.154. The number of imidazole rings is 1. The molecule has 0 bridgehead atoms. The Balaban J connectivity index is 1.24. The predicted molar refractivity (Wildman–Crippen MR) is 139 cm³/mol. The number of anilines is 1. The highest BCUT2D eigenvalue weighted by Gasteiger charge is 2.30. The summed E-state index contributed by atoms with van der Waals surface area (Å²) in [7, 11) is 0. The minimum Gasteiger partial charge on any atom is -0.377 e. The van der Waals surface area contributed by atoms with E-state index < -0.39 is 29.5 Å². The molecular weight excluding hydrogens is 513 g/mol. The van der Waals surface area contributed by atoms with Crippen molar-refractivity contribution in [2.75, 3.05) is 37.6 Å². The van der Waals surface area contributed by atoms with Crippen molar-refractivity contribution in [3.63, 3.8) is 0 Å². The fraction of sp³-hybridized carbons (Fsp3) is 0.286. The number of hydrogen-bond donors (Lipinski definition) is 1. The van der Waals surface area contributed by atoms with Gasteiger partial charge in [-0.2, -0.15) is 13.2 Å². The summed E-state index contributed by atoms with van der Waals surface area (Å²) in [5.41, 5.74) is 0.884. The van der Waals surface area contributed by atoms with Gasteiger partial charge in [-0.15, -0.1) is 4.73 Å². The molecular formula is C28H27F3N4O4. The van der Waals surface area contributed by atoms with E-state index in [1.54, 1.807) is 54.6 Å². The van der Waals surface area contributed by atoms with E-state index in [-0.39, 0.29) is 0 Å². The van der Waals surface area contributed by atoms with Gasteiger partial charge in [-0.3, -0.25) is 9.47 Å². The predicted octanol–water partition coefficient (Wildman–Crippen LogP) is 3.33. The van der Waals surface area contributed by atoms with Crippen LogP contribution < -0.4 is 15.4 Å². The second kappa shape index (κ2) is 11.0. The van der Waals surface area contributed by atoms with Gasteiger partial charge < -0.3 is 14.8 Å². The van der Waals surface area contributed by atoms with Crippen LogP contribution in [0.2, 0.25) is 0 Å². The normalized spacial score (nSPS) is 15.4. The molecule has 5 rings (SSSR count). The lowest BCUT2D eigenvalue weighted by atomic mass is 10.1. The van der Waals surface area contributed by atoms with E-state index in [1.807, 2.05) is 4.90 Å². The maximum Gasteiger partial charge on any atom is 0.416 e. The fourth-order valence-electron chi connectivity index (χ4n) is 4.73. The van der Waals surface area contributed by atoms with Crippen LogP contribution in [0.4, 0.5) is 18.9 Å². The number of alkyl halides is 3. The van der Waals surface area contributed by atoms with Gasteiger partial charge in [-0.25, -0.2) is 9.59 Å². The van der Waals surface area contributed by atoms with Crippen LogP contribution in [0.5, 0.6) is 0 Å². The van der Waals surface area contributed by atoms with Crippen LogP contribution in [0.15, 0.2) is 83.7 Å². The Kier molecular flexibility index (Phi) is 7.45. The number of piperazine rings is 1. The first-order valence-electron chi connectivity index (χ1n) is 12.5. The summed E-state index contributed by atoms with van der Waals surface area (Å²) in [6.07, 6.45) is -5.90. The largest absolute Gasteiger partial charge is 0.416 e. The van der Waals surface area contributed by atoms with Gasteiger partial charge in [0.2, 0.25) is 0 Å². The van der Waals surface area contributed by atoms with Crippen LogP contribution in [0, 0.1) is 0 Å². The Hall–Kier alpha value is -4.09. The summed E-state index contributed by atoms with van der Waals surface area (Å²) >= 11 is 0. The van der Waals surface area contributed by atoms with E-state index in [9.17, 15) is 27.9 Å². The molecule has 0 radical (unpaired) electrons. The van der Waals surface area contributed by atoms with Gasteiger partial charge in [-0.05, 0) is 42.0 Å². The van der Waals surface area contributed by atoms with Gasteiger partial charge in [0.15, 0.2) is 6.10 Å². The van der Waals surface area contributed by atoms with Crippen LogP contribution in [-0.2, 0) is 17.5 Å². The molecule has 4 aromatic rings. The first-order chi connectivity index (χ1) is 18.7. The molecule has 1 unspecified atom stereocenters. The third-order valence-corrected chi connectivity index (χ3v) is 6.89. The number of fused-ring (bicyclic) bond motifs is 1. The number of nitrogens with zero attached hydrogens (tertiary/aromatic N) is 4. The molecule has 11 heteroatoms. The SMILES string of the molecule is O=C(On1c(=O)n(CCN2CCN(c3ccc(C(F)(F)F)cc3)CC2)c2ccccc21)C(O)c1ccccc1. The van der Waals surface area contributed by atoms with E-state index >= 15 is 0 Å². The molecule has 0 saturated carbocycles. The van der Waals surface area contributed by atoms with Crippen molar-refractivity contribution in [2.45, 2.75) is 18.8 Å². The summed E-state index contributed by atoms with van der Waals surface area (Å²) in [6, 6.07) is 20.4. The third kappa shape index (κ3) is 5.69. The molecule has 3 aromatic carbocycles. The molecule has 1 N–H and O–H groups in total. The van der Waals surface area contributed by atoms with Crippen molar-refractivity contribution in [1.82, 2.24) is 14.2 Å². The highest BCUT2D eigenvalue weighted by Crippen LogP contribution is 2.30. The number of aromatic nitrogens is 2. The van der Waals surface area contributed by atoms with Crippen molar-refractivity contribution < 1.29 is 27.9 Å². The Bertz CT molecular complexity index is 1490. The molecule has 39 heavy (non-hydrogen) atoms. The van der Waals surface area contributed by atoms with Gasteiger partial charge in [0.25, 0.3) is 0 Å². The van der Waals surface area contributed by atoms with Gasteiger partial charge in [0.1, 0.15) is 5.52 Å². The maximum atomic E-state index is 13.3. The number of carbonyl (C=O) groups is 1. The zero-order valence-electron chi connectivity index (χ0n) is 20.9. The summed E-state index contributed by atoms with van der Waals surface area (Å²) in [6.45, 7) is 3.51. The number of para-hydroxylation sites is 2. The zero-order valence-corrected chi connectivity index (χ0v) is 20.9.